The molecule has 0 aromatic heterocycles. The number of hydrogen-bond acceptors (Lipinski definition) is 7. The van der Waals surface area contributed by atoms with Gasteiger partial charge < -0.3 is 30.0 Å². The summed E-state index contributed by atoms with van der Waals surface area (Å²) in [5.74, 6) is -0.169. The third-order valence-corrected chi connectivity index (χ3v) is 9.25. The lowest BCUT2D eigenvalue weighted by Gasteiger charge is -2.36. The van der Waals surface area contributed by atoms with Crippen molar-refractivity contribution in [1.29, 1.82) is 0 Å². The first-order valence-electron chi connectivity index (χ1n) is 17.9. The fourth-order valence-electron chi connectivity index (χ4n) is 6.33. The minimum Gasteiger partial charge on any atom is -0.444 e. The molecule has 3 N–H and O–H groups in total. The molecular weight excluding hydrogens is 640 g/mol. The maximum atomic E-state index is 13.6. The maximum Gasteiger partial charge on any atom is 0.307 e. The third-order valence-electron chi connectivity index (χ3n) is 8.92. The van der Waals surface area contributed by atoms with Crippen molar-refractivity contribution >= 4 is 23.5 Å². The van der Waals surface area contributed by atoms with Crippen LogP contribution in [0.1, 0.15) is 92.4 Å². The zero-order valence-electron chi connectivity index (χ0n) is 28.7. The molecule has 1 atom stereocenters. The maximum absolute atomic E-state index is 13.6. The minimum atomic E-state index is -1.30. The standard InChI is InChI=1S/C40H53ClN2O6/c41-37-17-9-8-16-36(37)40(34-14-6-3-7-15-34,35-20-18-33(19-21-35)32-12-4-1-2-5-13-32)49-39(45)23-22-38(44)43-25-11-27-47-29-31-48-30-28-46-26-10-24-42/h3,6-9,14-21,32H,1-2,4-5,10-13,22-31,42H2,(H,43,44). The molecule has 1 aliphatic carbocycles. The van der Waals surface area contributed by atoms with E-state index >= 15 is 0 Å². The molecule has 3 aromatic rings. The second kappa shape index (κ2) is 21.7. The summed E-state index contributed by atoms with van der Waals surface area (Å²) in [4.78, 5) is 26.3. The molecule has 0 aliphatic heterocycles. The van der Waals surface area contributed by atoms with E-state index in [4.69, 9.17) is 36.3 Å². The van der Waals surface area contributed by atoms with Crippen molar-refractivity contribution in [2.75, 3.05) is 52.7 Å². The fourth-order valence-corrected chi connectivity index (χ4v) is 6.60. The molecule has 8 nitrogen and oxygen atoms in total. The summed E-state index contributed by atoms with van der Waals surface area (Å²) < 4.78 is 22.9. The lowest BCUT2D eigenvalue weighted by Crippen LogP contribution is -2.36. The minimum absolute atomic E-state index is 0.00882. The largest absolute Gasteiger partial charge is 0.444 e. The Labute approximate surface area is 297 Å². The summed E-state index contributed by atoms with van der Waals surface area (Å²) in [6.45, 7) is 4.23. The van der Waals surface area contributed by atoms with Crippen molar-refractivity contribution in [2.24, 2.45) is 5.73 Å². The van der Waals surface area contributed by atoms with Crippen LogP contribution in [0.5, 0.6) is 0 Å². The van der Waals surface area contributed by atoms with Crippen molar-refractivity contribution < 1.29 is 28.5 Å². The molecule has 1 amide bonds. The molecule has 1 saturated carbocycles. The highest BCUT2D eigenvalue weighted by molar-refractivity contribution is 6.31. The van der Waals surface area contributed by atoms with Crippen LogP contribution in [0.4, 0.5) is 0 Å². The molecule has 266 valence electrons. The van der Waals surface area contributed by atoms with Crippen LogP contribution in [-0.2, 0) is 34.1 Å². The van der Waals surface area contributed by atoms with Gasteiger partial charge >= 0.3 is 5.97 Å². The van der Waals surface area contributed by atoms with Crippen molar-refractivity contribution in [2.45, 2.75) is 75.7 Å². The molecular formula is C40H53ClN2O6. The van der Waals surface area contributed by atoms with Gasteiger partial charge in [-0.2, -0.15) is 0 Å². The van der Waals surface area contributed by atoms with Gasteiger partial charge in [0.05, 0.1) is 32.8 Å². The number of rotatable bonds is 21. The molecule has 1 unspecified atom stereocenters. The second-order valence-corrected chi connectivity index (χ2v) is 12.9. The number of hydrogen-bond donors (Lipinski definition) is 2. The number of halogens is 1. The van der Waals surface area contributed by atoms with Crippen LogP contribution in [0.15, 0.2) is 78.9 Å². The van der Waals surface area contributed by atoms with Crippen molar-refractivity contribution in [3.05, 3.63) is 106 Å². The normalized spacial score (nSPS) is 14.9. The van der Waals surface area contributed by atoms with Crippen molar-refractivity contribution in [1.82, 2.24) is 5.32 Å². The van der Waals surface area contributed by atoms with E-state index < -0.39 is 11.6 Å². The highest BCUT2D eigenvalue weighted by Gasteiger charge is 2.42. The van der Waals surface area contributed by atoms with Gasteiger partial charge in [0.15, 0.2) is 5.60 Å². The zero-order valence-corrected chi connectivity index (χ0v) is 29.5. The van der Waals surface area contributed by atoms with Gasteiger partial charge in [0, 0.05) is 47.9 Å². The predicted molar refractivity (Wildman–Crippen MR) is 194 cm³/mol. The van der Waals surface area contributed by atoms with E-state index in [1.807, 2.05) is 54.6 Å². The van der Waals surface area contributed by atoms with Crippen LogP contribution >= 0.6 is 11.6 Å². The Morgan fingerprint density at radius 1 is 0.714 bits per heavy atom. The lowest BCUT2D eigenvalue weighted by molar-refractivity contribution is -0.154. The second-order valence-electron chi connectivity index (χ2n) is 12.5. The molecule has 0 bridgehead atoms. The summed E-state index contributed by atoms with van der Waals surface area (Å²) in [5, 5.41) is 3.37. The number of carbonyl (C=O) groups excluding carboxylic acids is 2. The number of carbonyl (C=O) groups is 2. The number of amides is 1. The van der Waals surface area contributed by atoms with E-state index in [1.54, 1.807) is 0 Å². The van der Waals surface area contributed by atoms with Crippen LogP contribution in [0.25, 0.3) is 0 Å². The monoisotopic (exact) mass is 692 g/mol. The fraction of sp³-hybridized carbons (Fsp3) is 0.500. The van der Waals surface area contributed by atoms with Crippen LogP contribution in [0.3, 0.4) is 0 Å². The molecule has 1 aliphatic rings. The lowest BCUT2D eigenvalue weighted by atomic mass is 9.79. The van der Waals surface area contributed by atoms with E-state index in [2.05, 4.69) is 29.6 Å². The Morgan fingerprint density at radius 2 is 1.31 bits per heavy atom. The molecule has 0 spiro atoms. The van der Waals surface area contributed by atoms with E-state index in [1.165, 1.54) is 44.1 Å². The first-order chi connectivity index (χ1) is 24.0. The number of nitrogens with two attached hydrogens (primary N) is 1. The molecule has 4 rings (SSSR count). The first-order valence-corrected chi connectivity index (χ1v) is 18.2. The van der Waals surface area contributed by atoms with Crippen LogP contribution < -0.4 is 11.1 Å². The van der Waals surface area contributed by atoms with Gasteiger partial charge in [0.1, 0.15) is 0 Å². The number of ether oxygens (including phenoxy) is 4. The average molecular weight is 693 g/mol. The summed E-state index contributed by atoms with van der Waals surface area (Å²) in [7, 11) is 0. The molecule has 0 heterocycles. The Hall–Kier alpha value is -3.27. The number of benzene rings is 3. The summed E-state index contributed by atoms with van der Waals surface area (Å²) in [6, 6.07) is 25.7. The van der Waals surface area contributed by atoms with E-state index in [0.29, 0.717) is 75.7 Å². The quantitative estimate of drug-likeness (QED) is 0.0522. The van der Waals surface area contributed by atoms with Crippen LogP contribution in [0.2, 0.25) is 5.02 Å². The molecule has 49 heavy (non-hydrogen) atoms. The van der Waals surface area contributed by atoms with Gasteiger partial charge in [-0.15, -0.1) is 0 Å². The molecule has 3 aromatic carbocycles. The number of esters is 1. The zero-order chi connectivity index (χ0) is 34.6. The molecule has 1 fully saturated rings. The average Bonchev–Trinajstić information content (AvgIpc) is 3.42. The predicted octanol–water partition coefficient (Wildman–Crippen LogP) is 7.30. The smallest absolute Gasteiger partial charge is 0.307 e. The summed E-state index contributed by atoms with van der Waals surface area (Å²) in [6.07, 6.45) is 8.91. The Morgan fingerprint density at radius 3 is 1.96 bits per heavy atom. The van der Waals surface area contributed by atoms with E-state index in [-0.39, 0.29) is 18.7 Å². The van der Waals surface area contributed by atoms with Gasteiger partial charge in [-0.25, -0.2) is 0 Å². The van der Waals surface area contributed by atoms with Gasteiger partial charge in [-0.3, -0.25) is 9.59 Å². The van der Waals surface area contributed by atoms with Crippen LogP contribution in [-0.4, -0.2) is 64.6 Å². The first kappa shape index (κ1) is 38.5. The van der Waals surface area contributed by atoms with E-state index in [0.717, 1.165) is 17.5 Å². The molecule has 9 heteroatoms. The SMILES string of the molecule is NCCCOCCOCCOCCCNC(=O)CCC(=O)OC(c1ccccc1)(c1ccc(C2CCCCCC2)cc1)c1ccccc1Cl. The molecule has 0 saturated heterocycles. The highest BCUT2D eigenvalue weighted by Crippen LogP contribution is 2.44. The van der Waals surface area contributed by atoms with Gasteiger partial charge in [-0.1, -0.05) is 110 Å². The number of nitrogens with one attached hydrogen (secondary N) is 1. The Bertz CT molecular complexity index is 1380. The van der Waals surface area contributed by atoms with Crippen molar-refractivity contribution in [3.63, 3.8) is 0 Å². The third kappa shape index (κ3) is 12.2. The van der Waals surface area contributed by atoms with Gasteiger partial charge in [0.25, 0.3) is 0 Å². The topological polar surface area (TPSA) is 109 Å². The van der Waals surface area contributed by atoms with Gasteiger partial charge in [-0.05, 0) is 49.8 Å². The summed E-state index contributed by atoms with van der Waals surface area (Å²) >= 11 is 6.86. The summed E-state index contributed by atoms with van der Waals surface area (Å²) in [5.41, 5.74) is 7.71. The van der Waals surface area contributed by atoms with Crippen LogP contribution in [0, 0.1) is 0 Å². The Balaban J connectivity index is 1.34. The Kier molecular flexibility index (Phi) is 17.1. The molecule has 0 radical (unpaired) electrons. The highest BCUT2D eigenvalue weighted by atomic mass is 35.5. The van der Waals surface area contributed by atoms with Crippen molar-refractivity contribution in [3.8, 4) is 0 Å². The van der Waals surface area contributed by atoms with E-state index in [9.17, 15) is 9.59 Å². The van der Waals surface area contributed by atoms with Gasteiger partial charge in [0.2, 0.25) is 5.91 Å².